The first-order valence-electron chi connectivity index (χ1n) is 2.12. The highest BCUT2D eigenvalue weighted by molar-refractivity contribution is 7.94. The summed E-state index contributed by atoms with van der Waals surface area (Å²) in [4.78, 5) is 20.0. The van der Waals surface area contributed by atoms with Crippen molar-refractivity contribution in [1.29, 1.82) is 0 Å². The summed E-state index contributed by atoms with van der Waals surface area (Å²) in [5, 5.41) is 8.00. The summed E-state index contributed by atoms with van der Waals surface area (Å²) in [6.45, 7) is 0. The van der Waals surface area contributed by atoms with E-state index in [-0.39, 0.29) is 0 Å². The van der Waals surface area contributed by atoms with Crippen LogP contribution in [0.15, 0.2) is 0 Å². The summed E-state index contributed by atoms with van der Waals surface area (Å²) >= 11 is 0.839. The van der Waals surface area contributed by atoms with Gasteiger partial charge in [-0.15, -0.1) is 0 Å². The van der Waals surface area contributed by atoms with Crippen molar-refractivity contribution in [1.82, 2.24) is 0 Å². The second-order valence-electron chi connectivity index (χ2n) is 1.19. The Morgan fingerprint density at radius 2 is 2.22 bits per heavy atom. The number of rotatable bonds is 3. The van der Waals surface area contributed by atoms with Crippen molar-refractivity contribution in [2.75, 3.05) is 6.26 Å². The lowest BCUT2D eigenvalue weighted by Crippen LogP contribution is -2.16. The van der Waals surface area contributed by atoms with Crippen molar-refractivity contribution in [2.24, 2.45) is 0 Å². The fourth-order valence-corrected chi connectivity index (χ4v) is 0.491. The molecular weight excluding hydrogens is 143 g/mol. The Kier molecular flexibility index (Phi) is 3.95. The van der Waals surface area contributed by atoms with Crippen molar-refractivity contribution < 1.29 is 18.9 Å². The molecule has 0 atom stereocenters. The molecule has 50 valence electrons. The predicted octanol–water partition coefficient (Wildman–Crippen LogP) is 0.515. The highest BCUT2D eigenvalue weighted by Gasteiger charge is 2.11. The second-order valence-corrected chi connectivity index (χ2v) is 1.69. The molecule has 0 radical (unpaired) electrons. The SMILES string of the molecule is CSOC(=O)BC(=O)O. The molecule has 4 nitrogen and oxygen atoms in total. The molecule has 0 bridgehead atoms. The highest BCUT2D eigenvalue weighted by atomic mass is 32.2. The van der Waals surface area contributed by atoms with Crippen LogP contribution in [0.1, 0.15) is 0 Å². The van der Waals surface area contributed by atoms with Crippen LogP contribution in [0, 0.1) is 0 Å². The Balaban J connectivity index is 3.39. The first-order valence-corrected chi connectivity index (χ1v) is 3.27. The van der Waals surface area contributed by atoms with Gasteiger partial charge in [-0.05, 0) is 0 Å². The summed E-state index contributed by atoms with van der Waals surface area (Å²) < 4.78 is 4.25. The van der Waals surface area contributed by atoms with E-state index >= 15 is 0 Å². The largest absolute Gasteiger partial charge is 0.489 e. The Morgan fingerprint density at radius 1 is 1.67 bits per heavy atom. The monoisotopic (exact) mass is 148 g/mol. The van der Waals surface area contributed by atoms with Gasteiger partial charge in [0.15, 0.2) is 0 Å². The molecule has 9 heavy (non-hydrogen) atoms. The van der Waals surface area contributed by atoms with E-state index in [2.05, 4.69) is 4.18 Å². The maximum absolute atomic E-state index is 10.2. The number of hydrogen-bond acceptors (Lipinski definition) is 4. The van der Waals surface area contributed by atoms with Gasteiger partial charge in [-0.2, -0.15) is 0 Å². The van der Waals surface area contributed by atoms with Gasteiger partial charge in [0.25, 0.3) is 11.7 Å². The van der Waals surface area contributed by atoms with Gasteiger partial charge in [-0.25, -0.2) is 0 Å². The van der Waals surface area contributed by atoms with E-state index < -0.39 is 19.0 Å². The fraction of sp³-hybridized carbons (Fsp3) is 0.333. The van der Waals surface area contributed by atoms with Crippen LogP contribution in [-0.4, -0.2) is 30.4 Å². The van der Waals surface area contributed by atoms with Crippen molar-refractivity contribution >= 4 is 31.1 Å². The van der Waals surface area contributed by atoms with E-state index in [0.29, 0.717) is 0 Å². The van der Waals surface area contributed by atoms with Gasteiger partial charge in [0.05, 0.1) is 12.0 Å². The molecule has 0 aromatic heterocycles. The molecule has 0 heterocycles. The minimum absolute atomic E-state index is 0.569. The number of carboxylic acid groups (broad SMARTS) is 1. The summed E-state index contributed by atoms with van der Waals surface area (Å²) in [5.41, 5.74) is 0. The highest BCUT2D eigenvalue weighted by Crippen LogP contribution is 1.94. The van der Waals surface area contributed by atoms with Gasteiger partial charge in [0.1, 0.15) is 0 Å². The molecule has 0 fully saturated rings. The Hall–Kier alpha value is -0.645. The lowest BCUT2D eigenvalue weighted by Gasteiger charge is -1.92. The van der Waals surface area contributed by atoms with Gasteiger partial charge < -0.3 is 9.29 Å². The van der Waals surface area contributed by atoms with E-state index in [0.717, 1.165) is 12.0 Å². The molecule has 0 unspecified atom stereocenters. The standard InChI is InChI=1S/C3H5BO4S/c1-9-8-3(7)4-2(5)6/h4H,1H3,(H,5,6). The number of carbonyl (C=O) groups excluding carboxylic acids is 1. The van der Waals surface area contributed by atoms with Crippen molar-refractivity contribution in [2.45, 2.75) is 0 Å². The zero-order valence-electron chi connectivity index (χ0n) is 4.79. The lowest BCUT2D eigenvalue weighted by molar-refractivity contribution is 0.217. The molecule has 1 N–H and O–H groups in total. The van der Waals surface area contributed by atoms with E-state index in [9.17, 15) is 9.59 Å². The quantitative estimate of drug-likeness (QED) is 0.466. The van der Waals surface area contributed by atoms with E-state index in [1.165, 1.54) is 0 Å². The predicted molar refractivity (Wildman–Crippen MR) is 35.2 cm³/mol. The van der Waals surface area contributed by atoms with E-state index in [1.807, 2.05) is 0 Å². The summed E-state index contributed by atoms with van der Waals surface area (Å²) in [7, 11) is -0.569. The maximum Gasteiger partial charge on any atom is 0.393 e. The van der Waals surface area contributed by atoms with Gasteiger partial charge in [0.2, 0.25) is 0 Å². The molecular formula is C3H5BO4S. The van der Waals surface area contributed by atoms with Crippen LogP contribution >= 0.6 is 12.0 Å². The molecule has 0 aromatic carbocycles. The van der Waals surface area contributed by atoms with Crippen molar-refractivity contribution in [3.63, 3.8) is 0 Å². The maximum atomic E-state index is 10.2. The third-order valence-electron chi connectivity index (χ3n) is 0.472. The van der Waals surface area contributed by atoms with E-state index in [1.54, 1.807) is 6.26 Å². The zero-order valence-corrected chi connectivity index (χ0v) is 5.60. The van der Waals surface area contributed by atoms with Gasteiger partial charge >= 0.3 is 7.28 Å². The Morgan fingerprint density at radius 3 is 2.56 bits per heavy atom. The van der Waals surface area contributed by atoms with Crippen LogP contribution in [0.2, 0.25) is 0 Å². The molecule has 0 aliphatic rings. The topological polar surface area (TPSA) is 63.6 Å². The smallest absolute Gasteiger partial charge is 0.393 e. The molecule has 0 spiro atoms. The minimum Gasteiger partial charge on any atom is -0.489 e. The first-order chi connectivity index (χ1) is 4.16. The van der Waals surface area contributed by atoms with Gasteiger partial charge in [-0.3, -0.25) is 9.59 Å². The van der Waals surface area contributed by atoms with Gasteiger partial charge in [-0.1, -0.05) is 0 Å². The van der Waals surface area contributed by atoms with Crippen LogP contribution in [0.3, 0.4) is 0 Å². The van der Waals surface area contributed by atoms with Gasteiger partial charge in [0, 0.05) is 6.26 Å². The van der Waals surface area contributed by atoms with Crippen LogP contribution in [0.5, 0.6) is 0 Å². The summed E-state index contributed by atoms with van der Waals surface area (Å²) in [6.07, 6.45) is 1.54. The van der Waals surface area contributed by atoms with Crippen LogP contribution in [-0.2, 0) is 4.18 Å². The van der Waals surface area contributed by atoms with Crippen LogP contribution in [0.25, 0.3) is 0 Å². The average Bonchev–Trinajstić information content (AvgIpc) is 1.63. The fourth-order valence-electron chi connectivity index (χ4n) is 0.246. The average molecular weight is 148 g/mol. The Bertz CT molecular complexity index is 125. The zero-order chi connectivity index (χ0) is 7.28. The molecule has 0 saturated carbocycles. The molecule has 0 rings (SSSR count). The van der Waals surface area contributed by atoms with Crippen molar-refractivity contribution in [3.8, 4) is 0 Å². The first kappa shape index (κ1) is 8.35. The summed E-state index contributed by atoms with van der Waals surface area (Å²) in [5.74, 6) is -1.90. The third-order valence-corrected chi connectivity index (χ3v) is 0.824. The normalized spacial score (nSPS) is 8.11. The van der Waals surface area contributed by atoms with Crippen LogP contribution in [0.4, 0.5) is 9.59 Å². The van der Waals surface area contributed by atoms with Crippen molar-refractivity contribution in [3.05, 3.63) is 0 Å². The molecule has 0 aliphatic heterocycles. The molecule has 0 aliphatic carbocycles. The van der Waals surface area contributed by atoms with Crippen LogP contribution < -0.4 is 0 Å². The Labute approximate surface area is 57.0 Å². The number of carbonyl (C=O) groups is 2. The third kappa shape index (κ3) is 5.22. The molecule has 0 aromatic rings. The lowest BCUT2D eigenvalue weighted by atomic mass is 9.80. The molecule has 6 heteroatoms. The molecule has 0 saturated heterocycles. The minimum atomic E-state index is -1.17. The molecule has 0 amide bonds. The van der Waals surface area contributed by atoms with E-state index in [4.69, 9.17) is 5.11 Å². The number of hydrogen-bond donors (Lipinski definition) is 1. The second kappa shape index (κ2) is 4.26. The summed E-state index contributed by atoms with van der Waals surface area (Å²) in [6, 6.07) is 0.